The van der Waals surface area contributed by atoms with Gasteiger partial charge in [0.05, 0.1) is 15.6 Å². The van der Waals surface area contributed by atoms with E-state index in [1.165, 1.54) is 0 Å². The molecule has 1 aromatic rings. The quantitative estimate of drug-likeness (QED) is 0.860. The van der Waals surface area contributed by atoms with Gasteiger partial charge in [-0.2, -0.15) is 0 Å². The zero-order valence-corrected chi connectivity index (χ0v) is 14.4. The monoisotopic (exact) mass is 365 g/mol. The molecule has 1 unspecified atom stereocenters. The summed E-state index contributed by atoms with van der Waals surface area (Å²) in [5, 5.41) is 6.35. The Bertz CT molecular complexity index is 548. The van der Waals surface area contributed by atoms with Gasteiger partial charge in [-0.1, -0.05) is 29.3 Å². The van der Waals surface area contributed by atoms with Crippen LogP contribution in [0.25, 0.3) is 0 Å². The number of nitrogens with one attached hydrogen (secondary N) is 2. The Morgan fingerprint density at radius 1 is 1.27 bits per heavy atom. The maximum atomic E-state index is 12.2. The van der Waals surface area contributed by atoms with Crippen LogP contribution in [0.15, 0.2) is 18.2 Å². The van der Waals surface area contributed by atoms with Crippen molar-refractivity contribution in [1.29, 1.82) is 0 Å². The molecule has 2 rings (SSSR count). The molecule has 22 heavy (non-hydrogen) atoms. The summed E-state index contributed by atoms with van der Waals surface area (Å²) in [4.78, 5) is 26.2. The molecular weight excluding hydrogens is 349 g/mol. The Hall–Kier alpha value is -1.01. The zero-order valence-electron chi connectivity index (χ0n) is 12.1. The van der Waals surface area contributed by atoms with Crippen LogP contribution >= 0.6 is 35.6 Å². The summed E-state index contributed by atoms with van der Waals surface area (Å²) >= 11 is 11.9. The molecule has 1 fully saturated rings. The molecule has 1 aliphatic heterocycles. The molecule has 8 heteroatoms. The summed E-state index contributed by atoms with van der Waals surface area (Å²) in [6.45, 7) is 4.51. The van der Waals surface area contributed by atoms with Crippen LogP contribution in [-0.4, -0.2) is 48.9 Å². The van der Waals surface area contributed by atoms with Crippen molar-refractivity contribution in [1.82, 2.24) is 15.5 Å². The Morgan fingerprint density at radius 3 is 2.55 bits per heavy atom. The van der Waals surface area contributed by atoms with E-state index in [0.29, 0.717) is 18.1 Å². The Morgan fingerprint density at radius 2 is 1.91 bits per heavy atom. The lowest BCUT2D eigenvalue weighted by Gasteiger charge is -2.30. The standard InChI is InChI=1S/C14H17Cl2N3O2.ClH/c1-9(14(21)19-7-5-17-6-8-19)18-13(20)10-3-2-4-11(15)12(10)16;/h2-4,9,17H,5-8H2,1H3,(H,18,20);1H. The molecule has 0 spiro atoms. The minimum absolute atomic E-state index is 0. The number of amides is 2. The van der Waals surface area contributed by atoms with Gasteiger partial charge in [-0.05, 0) is 19.1 Å². The van der Waals surface area contributed by atoms with Gasteiger partial charge in [-0.3, -0.25) is 9.59 Å². The van der Waals surface area contributed by atoms with Gasteiger partial charge >= 0.3 is 0 Å². The topological polar surface area (TPSA) is 61.4 Å². The number of rotatable bonds is 3. The van der Waals surface area contributed by atoms with E-state index in [1.54, 1.807) is 30.0 Å². The van der Waals surface area contributed by atoms with Crippen LogP contribution < -0.4 is 10.6 Å². The summed E-state index contributed by atoms with van der Waals surface area (Å²) in [5.74, 6) is -0.499. The lowest BCUT2D eigenvalue weighted by atomic mass is 10.2. The first-order valence-corrected chi connectivity index (χ1v) is 7.50. The van der Waals surface area contributed by atoms with Crippen molar-refractivity contribution in [2.75, 3.05) is 26.2 Å². The molecule has 0 bridgehead atoms. The number of hydrogen-bond acceptors (Lipinski definition) is 3. The molecule has 5 nitrogen and oxygen atoms in total. The minimum atomic E-state index is -0.606. The molecule has 0 saturated carbocycles. The number of benzene rings is 1. The van der Waals surface area contributed by atoms with E-state index < -0.39 is 11.9 Å². The van der Waals surface area contributed by atoms with Gasteiger partial charge < -0.3 is 15.5 Å². The highest BCUT2D eigenvalue weighted by Gasteiger charge is 2.24. The maximum Gasteiger partial charge on any atom is 0.253 e. The van der Waals surface area contributed by atoms with Gasteiger partial charge in [0.2, 0.25) is 5.91 Å². The summed E-state index contributed by atoms with van der Waals surface area (Å²) in [6.07, 6.45) is 0. The number of carbonyl (C=O) groups excluding carboxylic acids is 2. The molecule has 0 aromatic heterocycles. The first-order valence-electron chi connectivity index (χ1n) is 6.75. The Labute approximate surface area is 145 Å². The molecule has 2 amide bonds. The number of piperazine rings is 1. The molecular formula is C14H18Cl3N3O2. The van der Waals surface area contributed by atoms with Crippen LogP contribution in [0, 0.1) is 0 Å². The average Bonchev–Trinajstić information content (AvgIpc) is 2.50. The molecule has 1 atom stereocenters. The van der Waals surface area contributed by atoms with Crippen molar-refractivity contribution in [2.24, 2.45) is 0 Å². The van der Waals surface area contributed by atoms with Crippen molar-refractivity contribution in [3.05, 3.63) is 33.8 Å². The summed E-state index contributed by atoms with van der Waals surface area (Å²) in [6, 6.07) is 4.22. The number of halogens is 3. The molecule has 2 N–H and O–H groups in total. The second-order valence-electron chi connectivity index (χ2n) is 4.87. The predicted molar refractivity (Wildman–Crippen MR) is 90.1 cm³/mol. The van der Waals surface area contributed by atoms with Crippen molar-refractivity contribution in [3.8, 4) is 0 Å². The summed E-state index contributed by atoms with van der Waals surface area (Å²) < 4.78 is 0. The highest BCUT2D eigenvalue weighted by molar-refractivity contribution is 6.43. The van der Waals surface area contributed by atoms with Crippen molar-refractivity contribution in [2.45, 2.75) is 13.0 Å². The van der Waals surface area contributed by atoms with Gasteiger partial charge in [0, 0.05) is 26.2 Å². The van der Waals surface area contributed by atoms with Crippen LogP contribution in [-0.2, 0) is 4.79 Å². The smallest absolute Gasteiger partial charge is 0.253 e. The van der Waals surface area contributed by atoms with Crippen molar-refractivity contribution >= 4 is 47.4 Å². The van der Waals surface area contributed by atoms with E-state index in [9.17, 15) is 9.59 Å². The number of carbonyl (C=O) groups is 2. The maximum absolute atomic E-state index is 12.2. The van der Waals surface area contributed by atoms with Crippen molar-refractivity contribution in [3.63, 3.8) is 0 Å². The van der Waals surface area contributed by atoms with Crippen LogP contribution in [0.2, 0.25) is 10.0 Å². The summed E-state index contributed by atoms with van der Waals surface area (Å²) in [7, 11) is 0. The molecule has 0 radical (unpaired) electrons. The third kappa shape index (κ3) is 4.49. The van der Waals surface area contributed by atoms with Gasteiger partial charge in [0.25, 0.3) is 5.91 Å². The average molecular weight is 367 g/mol. The fourth-order valence-corrected chi connectivity index (χ4v) is 2.56. The molecule has 1 heterocycles. The predicted octanol–water partition coefficient (Wildman–Crippen LogP) is 1.97. The molecule has 122 valence electrons. The van der Waals surface area contributed by atoms with Crippen LogP contribution in [0.1, 0.15) is 17.3 Å². The van der Waals surface area contributed by atoms with E-state index in [4.69, 9.17) is 23.2 Å². The van der Waals surface area contributed by atoms with E-state index in [-0.39, 0.29) is 28.9 Å². The van der Waals surface area contributed by atoms with E-state index in [0.717, 1.165) is 13.1 Å². The van der Waals surface area contributed by atoms with E-state index in [1.807, 2.05) is 0 Å². The highest BCUT2D eigenvalue weighted by atomic mass is 35.5. The second kappa shape index (κ2) is 8.58. The highest BCUT2D eigenvalue weighted by Crippen LogP contribution is 2.25. The summed E-state index contributed by atoms with van der Waals surface area (Å²) in [5.41, 5.74) is 0.268. The van der Waals surface area contributed by atoms with Gasteiger partial charge in [-0.25, -0.2) is 0 Å². The van der Waals surface area contributed by atoms with Crippen LogP contribution in [0.4, 0.5) is 0 Å². The van der Waals surface area contributed by atoms with Gasteiger partial charge in [0.1, 0.15) is 6.04 Å². The Kier molecular flexibility index (Phi) is 7.42. The van der Waals surface area contributed by atoms with E-state index in [2.05, 4.69) is 10.6 Å². The molecule has 1 aliphatic rings. The Balaban J connectivity index is 0.00000242. The first kappa shape index (κ1) is 19.0. The molecule has 1 aromatic carbocycles. The molecule has 0 aliphatic carbocycles. The van der Waals surface area contributed by atoms with E-state index >= 15 is 0 Å². The third-order valence-electron chi connectivity index (χ3n) is 3.34. The normalized spacial score (nSPS) is 15.7. The zero-order chi connectivity index (χ0) is 15.4. The minimum Gasteiger partial charge on any atom is -0.340 e. The first-order chi connectivity index (χ1) is 10.0. The lowest BCUT2D eigenvalue weighted by Crippen LogP contribution is -2.53. The lowest BCUT2D eigenvalue weighted by molar-refractivity contribution is -0.133. The number of nitrogens with zero attached hydrogens (tertiary/aromatic N) is 1. The second-order valence-corrected chi connectivity index (χ2v) is 5.66. The van der Waals surface area contributed by atoms with Crippen LogP contribution in [0.3, 0.4) is 0 Å². The third-order valence-corrected chi connectivity index (χ3v) is 4.16. The largest absolute Gasteiger partial charge is 0.340 e. The molecule has 1 saturated heterocycles. The van der Waals surface area contributed by atoms with Gasteiger partial charge in [0.15, 0.2) is 0 Å². The van der Waals surface area contributed by atoms with Crippen LogP contribution in [0.5, 0.6) is 0 Å². The SMILES string of the molecule is CC(NC(=O)c1cccc(Cl)c1Cl)C(=O)N1CCNCC1.Cl. The fourth-order valence-electron chi connectivity index (χ4n) is 2.17. The number of hydrogen-bond donors (Lipinski definition) is 2. The van der Waals surface area contributed by atoms with Crippen molar-refractivity contribution < 1.29 is 9.59 Å². The fraction of sp³-hybridized carbons (Fsp3) is 0.429. The van der Waals surface area contributed by atoms with Gasteiger partial charge in [-0.15, -0.1) is 12.4 Å².